The summed E-state index contributed by atoms with van der Waals surface area (Å²) in [4.78, 5) is 0. The first-order valence-corrected chi connectivity index (χ1v) is 14.1. The van der Waals surface area contributed by atoms with E-state index in [1.165, 1.54) is 32.1 Å². The summed E-state index contributed by atoms with van der Waals surface area (Å²) in [5.74, 6) is 0.891. The Morgan fingerprint density at radius 2 is 2.00 bits per heavy atom. The predicted molar refractivity (Wildman–Crippen MR) is 46.2 cm³/mol. The van der Waals surface area contributed by atoms with Crippen LogP contribution in [0.4, 0.5) is 0 Å². The van der Waals surface area contributed by atoms with Crippen molar-refractivity contribution in [3.05, 3.63) is 9.16 Å². The van der Waals surface area contributed by atoms with E-state index in [0.717, 1.165) is 5.92 Å². The Hall–Kier alpha value is 0.965. The number of hydrogen-bond acceptors (Lipinski definition) is 0. The normalized spacial score (nSPS) is 21.5. The van der Waals surface area contributed by atoms with Crippen LogP contribution < -0.4 is 0 Å². The predicted octanol–water partition coefficient (Wildman–Crippen LogP) is 3.71. The van der Waals surface area contributed by atoms with Crippen LogP contribution in [0, 0.1) is 5.92 Å². The Morgan fingerprint density at radius 3 is 2.55 bits per heavy atom. The van der Waals surface area contributed by atoms with E-state index in [0.29, 0.717) is 0 Å². The molecule has 0 amide bonds. The van der Waals surface area contributed by atoms with Crippen LogP contribution in [0.2, 0.25) is 0 Å². The van der Waals surface area contributed by atoms with Crippen molar-refractivity contribution in [2.45, 2.75) is 39.0 Å². The van der Waals surface area contributed by atoms with Gasteiger partial charge in [-0.2, -0.15) is 0 Å². The van der Waals surface area contributed by atoms with E-state index in [1.54, 1.807) is 3.08 Å². The van der Waals surface area contributed by atoms with Crippen LogP contribution in [0.5, 0.6) is 0 Å². The summed E-state index contributed by atoms with van der Waals surface area (Å²) in [6.07, 6.45) is 9.63. The number of hydrogen-bond donors (Lipinski definition) is 0. The summed E-state index contributed by atoms with van der Waals surface area (Å²) in [7, 11) is 5.93. The minimum absolute atomic E-state index is 0.891. The van der Waals surface area contributed by atoms with Gasteiger partial charge >= 0.3 is 85.7 Å². The Balaban J connectivity index is 2.34. The van der Waals surface area contributed by atoms with E-state index >= 15 is 0 Å². The monoisotopic (exact) mass is 360 g/mol. The van der Waals surface area contributed by atoms with Gasteiger partial charge in [0.25, 0.3) is 0 Å². The average Bonchev–Trinajstić information content (AvgIpc) is 2.06. The van der Waals surface area contributed by atoms with Gasteiger partial charge in [0, 0.05) is 0 Å². The molecule has 0 heterocycles. The molecule has 0 atom stereocenters. The Morgan fingerprint density at radius 1 is 1.36 bits per heavy atom. The fourth-order valence-corrected chi connectivity index (χ4v) is 4.17. The second kappa shape index (κ2) is 5.58. The van der Waals surface area contributed by atoms with E-state index in [1.807, 2.05) is 0 Å². The molecule has 1 aliphatic carbocycles. The van der Waals surface area contributed by atoms with Crippen LogP contribution in [0.25, 0.3) is 0 Å². The summed E-state index contributed by atoms with van der Waals surface area (Å²) in [6, 6.07) is 0. The van der Waals surface area contributed by atoms with Gasteiger partial charge in [0.15, 0.2) is 0 Å². The zero-order chi connectivity index (χ0) is 8.10. The molecule has 0 aliphatic heterocycles. The topological polar surface area (TPSA) is 0 Å². The minimum atomic E-state index is -1.02. The van der Waals surface area contributed by atoms with Crippen LogP contribution in [0.3, 0.4) is 0 Å². The third-order valence-corrected chi connectivity index (χ3v) is 8.64. The molecular weight excluding hydrogens is 344 g/mol. The summed E-state index contributed by atoms with van der Waals surface area (Å²) in [6.45, 7) is 2.23. The van der Waals surface area contributed by atoms with Gasteiger partial charge in [-0.3, -0.25) is 0 Å². The quantitative estimate of drug-likeness (QED) is 0.660. The van der Waals surface area contributed by atoms with Crippen LogP contribution in [0.15, 0.2) is 9.16 Å². The van der Waals surface area contributed by atoms with Gasteiger partial charge in [-0.25, -0.2) is 0 Å². The molecule has 2 heteroatoms. The molecule has 0 aromatic carbocycles. The second-order valence-electron chi connectivity index (χ2n) is 3.54. The SMILES string of the molecule is C/[C](=C\C1CCCCC1)[Hg][Cl]. The fraction of sp³-hybridized carbons (Fsp3) is 0.778. The zero-order valence-electron chi connectivity index (χ0n) is 7.28. The van der Waals surface area contributed by atoms with Crippen molar-refractivity contribution in [1.82, 2.24) is 0 Å². The van der Waals surface area contributed by atoms with Crippen molar-refractivity contribution >= 4 is 8.25 Å². The van der Waals surface area contributed by atoms with Gasteiger partial charge in [-0.05, 0) is 0 Å². The van der Waals surface area contributed by atoms with Gasteiger partial charge < -0.3 is 0 Å². The molecule has 0 unspecified atom stereocenters. The second-order valence-corrected chi connectivity index (χ2v) is 11.3. The average molecular weight is 359 g/mol. The van der Waals surface area contributed by atoms with Crippen molar-refractivity contribution in [2.24, 2.45) is 5.92 Å². The first kappa shape index (κ1) is 10.0. The molecule has 0 N–H and O–H groups in total. The van der Waals surface area contributed by atoms with Crippen molar-refractivity contribution in [3.63, 3.8) is 0 Å². The summed E-state index contributed by atoms with van der Waals surface area (Å²) < 4.78 is 1.57. The summed E-state index contributed by atoms with van der Waals surface area (Å²) >= 11 is -1.02. The Labute approximate surface area is 85.3 Å². The standard InChI is InChI=1S/C9H15.ClH.Hg/c1-2-6-9-7-4-3-5-8-9;;/h6,9H,3-5,7-8H2,1H3;1H;/q;;+1/p-1. The third-order valence-electron chi connectivity index (χ3n) is 2.38. The van der Waals surface area contributed by atoms with E-state index in [9.17, 15) is 0 Å². The molecule has 0 aromatic rings. The first-order chi connectivity index (χ1) is 5.33. The van der Waals surface area contributed by atoms with Crippen molar-refractivity contribution in [1.29, 1.82) is 0 Å². The molecular formula is C9H15ClHg. The van der Waals surface area contributed by atoms with E-state index < -0.39 is 23.3 Å². The van der Waals surface area contributed by atoms with Crippen LogP contribution >= 0.6 is 8.25 Å². The number of rotatable bonds is 2. The number of allylic oxidation sites excluding steroid dienone is 2. The first-order valence-electron chi connectivity index (χ1n) is 4.56. The Bertz CT molecular complexity index is 136. The molecule has 0 saturated heterocycles. The Kier molecular flexibility index (Phi) is 5.10. The van der Waals surface area contributed by atoms with Gasteiger partial charge in [0.1, 0.15) is 0 Å². The van der Waals surface area contributed by atoms with Gasteiger partial charge in [0.2, 0.25) is 0 Å². The fourth-order valence-electron chi connectivity index (χ4n) is 1.75. The molecule has 1 rings (SSSR count). The van der Waals surface area contributed by atoms with Crippen molar-refractivity contribution < 1.29 is 23.3 Å². The van der Waals surface area contributed by atoms with E-state index in [-0.39, 0.29) is 0 Å². The molecule has 1 saturated carbocycles. The van der Waals surface area contributed by atoms with Crippen LogP contribution in [0.1, 0.15) is 39.0 Å². The molecule has 1 fully saturated rings. The molecule has 11 heavy (non-hydrogen) atoms. The molecule has 0 radical (unpaired) electrons. The van der Waals surface area contributed by atoms with Gasteiger partial charge in [0.05, 0.1) is 0 Å². The van der Waals surface area contributed by atoms with Gasteiger partial charge in [-0.1, -0.05) is 0 Å². The van der Waals surface area contributed by atoms with Crippen LogP contribution in [-0.2, 0) is 23.3 Å². The van der Waals surface area contributed by atoms with E-state index in [2.05, 4.69) is 13.0 Å². The van der Waals surface area contributed by atoms with Gasteiger partial charge in [-0.15, -0.1) is 0 Å². The third kappa shape index (κ3) is 3.94. The summed E-state index contributed by atoms with van der Waals surface area (Å²) in [5.41, 5.74) is 0. The number of halogens is 1. The molecule has 0 nitrogen and oxygen atoms in total. The van der Waals surface area contributed by atoms with Crippen molar-refractivity contribution in [3.8, 4) is 0 Å². The van der Waals surface area contributed by atoms with Crippen molar-refractivity contribution in [2.75, 3.05) is 0 Å². The molecule has 0 aromatic heterocycles. The van der Waals surface area contributed by atoms with Crippen LogP contribution in [-0.4, -0.2) is 0 Å². The summed E-state index contributed by atoms with van der Waals surface area (Å²) in [5, 5.41) is 0. The maximum atomic E-state index is 5.93. The van der Waals surface area contributed by atoms with E-state index in [4.69, 9.17) is 8.25 Å². The molecule has 0 spiro atoms. The molecule has 1 aliphatic rings. The molecule has 60 valence electrons. The maximum absolute atomic E-state index is 5.93. The zero-order valence-corrected chi connectivity index (χ0v) is 13.5. The molecule has 0 bridgehead atoms.